The summed E-state index contributed by atoms with van der Waals surface area (Å²) in [4.78, 5) is 0. The molecule has 0 aliphatic rings. The number of rotatable bonds is 2. The van der Waals surface area contributed by atoms with Gasteiger partial charge in [0.2, 0.25) is 0 Å². The number of hydrogen-bond donors (Lipinski definition) is 1. The second-order valence-corrected chi connectivity index (χ2v) is 6.92. The molecule has 0 aliphatic carbocycles. The second-order valence-electron chi connectivity index (χ2n) is 3.89. The third-order valence-corrected chi connectivity index (χ3v) is 4.25. The maximum absolute atomic E-state index is 10.7. The molecule has 0 spiro atoms. The van der Waals surface area contributed by atoms with Gasteiger partial charge in [0.15, 0.2) is 0 Å². The highest BCUT2D eigenvalue weighted by molar-refractivity contribution is 7.86. The fourth-order valence-electron chi connectivity index (χ4n) is 1.29. The molecule has 0 saturated carbocycles. The van der Waals surface area contributed by atoms with Crippen molar-refractivity contribution >= 4 is 29.3 Å². The van der Waals surface area contributed by atoms with Crippen molar-refractivity contribution in [3.63, 3.8) is 0 Å². The lowest BCUT2D eigenvalue weighted by atomic mass is 10.4. The van der Waals surface area contributed by atoms with Crippen LogP contribution in [-0.2, 0) is 10.1 Å². The molecule has 2 aromatic carbocycles. The van der Waals surface area contributed by atoms with E-state index in [-0.39, 0.29) is 8.58 Å². The molecule has 114 valence electrons. The van der Waals surface area contributed by atoms with Crippen molar-refractivity contribution in [1.82, 2.24) is 0 Å². The first-order valence-electron chi connectivity index (χ1n) is 5.69. The van der Waals surface area contributed by atoms with Crippen LogP contribution in [0.4, 0.5) is 13.2 Å². The van der Waals surface area contributed by atoms with Crippen molar-refractivity contribution in [2.75, 3.05) is 0 Å². The summed E-state index contributed by atoms with van der Waals surface area (Å²) in [5, 5.41) is 2.90. The monoisotopic (exact) mass is 337 g/mol. The third kappa shape index (κ3) is 6.71. The molecule has 0 heterocycles. The standard InChI is InChI=1S/C12H11P.CHF3O3S/c1-3-7-11(8-4-1)13-12-9-5-2-6-10-12;2-1(3,4)8(5,6)7/h1-10,13H;(H,5,6,7)/p+1. The Labute approximate surface area is 122 Å². The minimum Gasteiger partial charge on any atom is -0.279 e. The zero-order valence-electron chi connectivity index (χ0n) is 10.7. The molecule has 3 nitrogen and oxygen atoms in total. The summed E-state index contributed by atoms with van der Waals surface area (Å²) in [6.07, 6.45) is 0. The third-order valence-electron chi connectivity index (χ3n) is 2.22. The van der Waals surface area contributed by atoms with E-state index in [0.717, 1.165) is 0 Å². The molecule has 0 amide bonds. The SMILES string of the molecule is O=S(=O)(O)C(F)(F)F.c1ccc([PH2+]c2ccccc2)cc1. The molecule has 0 radical (unpaired) electrons. The molecule has 21 heavy (non-hydrogen) atoms. The molecule has 2 rings (SSSR count). The van der Waals surface area contributed by atoms with Crippen LogP contribution in [0.15, 0.2) is 60.7 Å². The molecule has 8 heteroatoms. The van der Waals surface area contributed by atoms with E-state index in [4.69, 9.17) is 13.0 Å². The zero-order valence-corrected chi connectivity index (χ0v) is 12.6. The summed E-state index contributed by atoms with van der Waals surface area (Å²) in [5.74, 6) is 0. The minimum atomic E-state index is -5.84. The van der Waals surface area contributed by atoms with E-state index in [1.54, 1.807) is 0 Å². The fourth-order valence-corrected chi connectivity index (χ4v) is 2.51. The molecule has 0 aliphatic heterocycles. The number of benzene rings is 2. The maximum atomic E-state index is 10.7. The van der Waals surface area contributed by atoms with Crippen LogP contribution >= 0.6 is 8.58 Å². The van der Waals surface area contributed by atoms with Crippen molar-refractivity contribution in [2.24, 2.45) is 0 Å². The van der Waals surface area contributed by atoms with Gasteiger partial charge in [0.05, 0.1) is 19.2 Å². The van der Waals surface area contributed by atoms with Gasteiger partial charge in [-0.1, -0.05) is 36.4 Å². The fraction of sp³-hybridized carbons (Fsp3) is 0.0769. The van der Waals surface area contributed by atoms with Crippen molar-refractivity contribution in [3.8, 4) is 0 Å². The molecule has 0 aromatic heterocycles. The first kappa shape index (κ1) is 17.6. The molecule has 1 N–H and O–H groups in total. The molecule has 0 unspecified atom stereocenters. The van der Waals surface area contributed by atoms with E-state index in [9.17, 15) is 13.2 Å². The predicted octanol–water partition coefficient (Wildman–Crippen LogP) is 2.44. The number of hydrogen-bond acceptors (Lipinski definition) is 2. The normalized spacial score (nSPS) is 11.4. The Balaban J connectivity index is 0.000000240. The highest BCUT2D eigenvalue weighted by Gasteiger charge is 2.44. The lowest BCUT2D eigenvalue weighted by Gasteiger charge is -1.97. The van der Waals surface area contributed by atoms with Crippen LogP contribution in [0.3, 0.4) is 0 Å². The van der Waals surface area contributed by atoms with Gasteiger partial charge in [0.25, 0.3) is 0 Å². The van der Waals surface area contributed by atoms with Crippen molar-refractivity contribution < 1.29 is 26.1 Å². The number of halogens is 3. The van der Waals surface area contributed by atoms with Crippen molar-refractivity contribution in [3.05, 3.63) is 60.7 Å². The summed E-state index contributed by atoms with van der Waals surface area (Å²) >= 11 is 0. The van der Waals surface area contributed by atoms with Crippen LogP contribution in [0.25, 0.3) is 0 Å². The van der Waals surface area contributed by atoms with E-state index in [1.807, 2.05) is 0 Å². The molecular weight excluding hydrogens is 324 g/mol. The van der Waals surface area contributed by atoms with Gasteiger partial charge in [-0.25, -0.2) is 0 Å². The summed E-state index contributed by atoms with van der Waals surface area (Å²) in [7, 11) is -5.57. The van der Waals surface area contributed by atoms with Crippen LogP contribution in [-0.4, -0.2) is 18.5 Å². The molecule has 2 aromatic rings. The first-order chi connectivity index (χ1) is 9.70. The summed E-state index contributed by atoms with van der Waals surface area (Å²) < 4.78 is 57.5. The Hall–Kier alpha value is -1.43. The highest BCUT2D eigenvalue weighted by atomic mass is 32.2. The van der Waals surface area contributed by atoms with Crippen LogP contribution in [0, 0.1) is 0 Å². The average Bonchev–Trinajstić information content (AvgIpc) is 2.39. The Kier molecular flexibility index (Phi) is 6.33. The molecule has 0 atom stereocenters. The Morgan fingerprint density at radius 1 is 0.810 bits per heavy atom. The van der Waals surface area contributed by atoms with Gasteiger partial charge in [-0.15, -0.1) is 0 Å². The molecule has 0 saturated heterocycles. The van der Waals surface area contributed by atoms with E-state index in [0.29, 0.717) is 0 Å². The van der Waals surface area contributed by atoms with Crippen LogP contribution in [0.5, 0.6) is 0 Å². The lowest BCUT2D eigenvalue weighted by Crippen LogP contribution is -2.21. The van der Waals surface area contributed by atoms with E-state index in [2.05, 4.69) is 60.7 Å². The van der Waals surface area contributed by atoms with Crippen LogP contribution in [0.1, 0.15) is 0 Å². The molecule has 0 fully saturated rings. The summed E-state index contributed by atoms with van der Waals surface area (Å²) in [6.45, 7) is 0. The zero-order chi connectivity index (χ0) is 15.9. The number of alkyl halides is 3. The Bertz CT molecular complexity index is 606. The van der Waals surface area contributed by atoms with E-state index >= 15 is 0 Å². The smallest absolute Gasteiger partial charge is 0.279 e. The Morgan fingerprint density at radius 3 is 1.33 bits per heavy atom. The second kappa shape index (κ2) is 7.54. The summed E-state index contributed by atoms with van der Waals surface area (Å²) in [5.41, 5.74) is -5.53. The quantitative estimate of drug-likeness (QED) is 0.520. The van der Waals surface area contributed by atoms with Gasteiger partial charge < -0.3 is 0 Å². The molecular formula is C13H13F3O3PS+. The lowest BCUT2D eigenvalue weighted by molar-refractivity contribution is -0.0510. The van der Waals surface area contributed by atoms with E-state index in [1.165, 1.54) is 10.6 Å². The minimum absolute atomic E-state index is 0.271. The van der Waals surface area contributed by atoms with Crippen LogP contribution in [0.2, 0.25) is 0 Å². The first-order valence-corrected chi connectivity index (χ1v) is 8.28. The molecule has 0 bridgehead atoms. The summed E-state index contributed by atoms with van der Waals surface area (Å²) in [6, 6.07) is 21.3. The van der Waals surface area contributed by atoms with Gasteiger partial charge in [-0.2, -0.15) is 21.6 Å². The highest BCUT2D eigenvalue weighted by Crippen LogP contribution is 2.20. The van der Waals surface area contributed by atoms with E-state index < -0.39 is 15.6 Å². The van der Waals surface area contributed by atoms with Crippen LogP contribution < -0.4 is 10.6 Å². The maximum Gasteiger partial charge on any atom is 0.522 e. The Morgan fingerprint density at radius 2 is 1.10 bits per heavy atom. The van der Waals surface area contributed by atoms with Gasteiger partial charge >= 0.3 is 15.6 Å². The van der Waals surface area contributed by atoms with Gasteiger partial charge in [-0.05, 0) is 24.3 Å². The largest absolute Gasteiger partial charge is 0.522 e. The predicted molar refractivity (Wildman–Crippen MR) is 79.5 cm³/mol. The van der Waals surface area contributed by atoms with Gasteiger partial charge in [0.1, 0.15) is 0 Å². The van der Waals surface area contributed by atoms with Crippen molar-refractivity contribution in [2.45, 2.75) is 5.51 Å². The topological polar surface area (TPSA) is 54.4 Å². The average molecular weight is 337 g/mol. The van der Waals surface area contributed by atoms with Gasteiger partial charge in [0, 0.05) is 0 Å². The van der Waals surface area contributed by atoms with Crippen molar-refractivity contribution in [1.29, 1.82) is 0 Å². The van der Waals surface area contributed by atoms with Gasteiger partial charge in [-0.3, -0.25) is 4.55 Å².